The van der Waals surface area contributed by atoms with Gasteiger partial charge in [-0.15, -0.1) is 0 Å². The Balaban J connectivity index is 1.56. The van der Waals surface area contributed by atoms with Crippen LogP contribution in [0, 0.1) is 0 Å². The van der Waals surface area contributed by atoms with Crippen LogP contribution in [0.3, 0.4) is 0 Å². The molecule has 6 nitrogen and oxygen atoms in total. The molecule has 0 aromatic heterocycles. The third kappa shape index (κ3) is 6.49. The van der Waals surface area contributed by atoms with E-state index in [0.29, 0.717) is 38.5 Å². The summed E-state index contributed by atoms with van der Waals surface area (Å²) in [6, 6.07) is 9.62. The van der Waals surface area contributed by atoms with Crippen LogP contribution >= 0.6 is 58.8 Å². The summed E-state index contributed by atoms with van der Waals surface area (Å²) in [5.74, 6) is -0.935. The average Bonchev–Trinajstić information content (AvgIpc) is 3.04. The molecule has 0 spiro atoms. The Morgan fingerprint density at radius 1 is 1.12 bits per heavy atom. The molecule has 0 saturated carbocycles. The first kappa shape index (κ1) is 25.5. The van der Waals surface area contributed by atoms with Crippen molar-refractivity contribution in [3.8, 4) is 0 Å². The summed E-state index contributed by atoms with van der Waals surface area (Å²) >= 11 is 24.4. The molecule has 3 rings (SSSR count). The van der Waals surface area contributed by atoms with Gasteiger partial charge in [0.05, 0.1) is 38.3 Å². The van der Waals surface area contributed by atoms with Crippen LogP contribution in [0.5, 0.6) is 0 Å². The van der Waals surface area contributed by atoms with E-state index < -0.39 is 5.97 Å². The van der Waals surface area contributed by atoms with Crippen molar-refractivity contribution in [3.63, 3.8) is 0 Å². The first-order valence-corrected chi connectivity index (χ1v) is 11.9. The number of nitrogens with one attached hydrogen (secondary N) is 1. The number of hydrogen-bond donors (Lipinski definition) is 1. The zero-order valence-corrected chi connectivity index (χ0v) is 21.1. The second-order valence-corrected chi connectivity index (χ2v) is 9.74. The van der Waals surface area contributed by atoms with Gasteiger partial charge in [0.2, 0.25) is 5.91 Å². The monoisotopic (exact) mass is 542 g/mol. The highest BCUT2D eigenvalue weighted by molar-refractivity contribution is 8.26. The van der Waals surface area contributed by atoms with Crippen LogP contribution in [-0.4, -0.2) is 40.7 Å². The van der Waals surface area contributed by atoms with Crippen LogP contribution in [0.1, 0.15) is 28.8 Å². The van der Waals surface area contributed by atoms with E-state index >= 15 is 0 Å². The van der Waals surface area contributed by atoms with Crippen molar-refractivity contribution < 1.29 is 19.1 Å². The summed E-state index contributed by atoms with van der Waals surface area (Å²) in [6.45, 7) is 0.297. The maximum atomic E-state index is 12.8. The number of carbonyl (C=O) groups excluding carboxylic acids is 3. The number of ether oxygens (including phenoxy) is 1. The van der Waals surface area contributed by atoms with Gasteiger partial charge in [-0.1, -0.05) is 70.9 Å². The number of thioether (sulfide) groups is 1. The normalized spacial score (nSPS) is 14.7. The third-order valence-corrected chi connectivity index (χ3v) is 6.99. The number of nitrogens with zero attached hydrogens (tertiary/aromatic N) is 1. The summed E-state index contributed by atoms with van der Waals surface area (Å²) in [5, 5.41) is 3.53. The topological polar surface area (TPSA) is 75.7 Å². The van der Waals surface area contributed by atoms with Crippen molar-refractivity contribution >= 4 is 92.7 Å². The lowest BCUT2D eigenvalue weighted by atomic mass is 10.1. The summed E-state index contributed by atoms with van der Waals surface area (Å²) in [7, 11) is 1.31. The molecular weight excluding hydrogens is 527 g/mol. The molecule has 0 atom stereocenters. The molecule has 1 heterocycles. The van der Waals surface area contributed by atoms with Crippen LogP contribution in [0.2, 0.25) is 15.1 Å². The molecule has 1 N–H and O–H groups in total. The molecule has 0 bridgehead atoms. The molecule has 1 fully saturated rings. The Labute approximate surface area is 215 Å². The van der Waals surface area contributed by atoms with E-state index in [0.717, 1.165) is 5.56 Å². The van der Waals surface area contributed by atoms with Gasteiger partial charge < -0.3 is 10.1 Å². The quantitative estimate of drug-likeness (QED) is 0.198. The number of rotatable bonds is 7. The maximum absolute atomic E-state index is 12.8. The fourth-order valence-electron chi connectivity index (χ4n) is 2.91. The number of esters is 1. The average molecular weight is 544 g/mol. The third-order valence-electron chi connectivity index (χ3n) is 4.57. The number of thiocarbonyl (C=S) groups is 1. The molecule has 1 saturated heterocycles. The Hall–Kier alpha value is -2.10. The van der Waals surface area contributed by atoms with Gasteiger partial charge in [-0.05, 0) is 42.3 Å². The van der Waals surface area contributed by atoms with E-state index in [2.05, 4.69) is 10.1 Å². The number of methoxy groups -OCH3 is 1. The molecule has 0 unspecified atom stereocenters. The Morgan fingerprint density at radius 3 is 2.45 bits per heavy atom. The van der Waals surface area contributed by atoms with E-state index in [1.807, 2.05) is 0 Å². The van der Waals surface area contributed by atoms with Gasteiger partial charge in [-0.3, -0.25) is 14.5 Å². The Kier molecular flexibility index (Phi) is 8.78. The van der Waals surface area contributed by atoms with Gasteiger partial charge in [0.1, 0.15) is 4.32 Å². The fourth-order valence-corrected chi connectivity index (χ4v) is 4.81. The molecule has 33 heavy (non-hydrogen) atoms. The van der Waals surface area contributed by atoms with Crippen LogP contribution in [-0.2, 0) is 14.3 Å². The maximum Gasteiger partial charge on any atom is 0.337 e. The number of halogens is 3. The van der Waals surface area contributed by atoms with E-state index in [-0.39, 0.29) is 28.3 Å². The van der Waals surface area contributed by atoms with Crippen LogP contribution in [0.4, 0.5) is 5.69 Å². The predicted molar refractivity (Wildman–Crippen MR) is 137 cm³/mol. The molecule has 0 radical (unpaired) electrons. The zero-order valence-electron chi connectivity index (χ0n) is 17.2. The molecule has 1 aliphatic heterocycles. The lowest BCUT2D eigenvalue weighted by Crippen LogP contribution is -2.29. The molecule has 1 aliphatic rings. The molecule has 172 valence electrons. The molecule has 2 amide bonds. The molecule has 2 aromatic carbocycles. The van der Waals surface area contributed by atoms with Gasteiger partial charge >= 0.3 is 5.97 Å². The zero-order chi connectivity index (χ0) is 24.1. The SMILES string of the molecule is COC(=O)c1ccc(/C=C2\SC(=S)N(CCCC(=O)Nc3cc(Cl)c(Cl)cc3Cl)C2=O)cc1. The van der Waals surface area contributed by atoms with Gasteiger partial charge in [0, 0.05) is 13.0 Å². The van der Waals surface area contributed by atoms with Crippen molar-refractivity contribution in [2.75, 3.05) is 19.0 Å². The number of carbonyl (C=O) groups is 3. The highest BCUT2D eigenvalue weighted by Crippen LogP contribution is 2.34. The molecule has 11 heteroatoms. The predicted octanol–water partition coefficient (Wildman–Crippen LogP) is 6.05. The summed E-state index contributed by atoms with van der Waals surface area (Å²) < 4.78 is 5.10. The number of amides is 2. The van der Waals surface area contributed by atoms with Crippen molar-refractivity contribution in [2.24, 2.45) is 0 Å². The van der Waals surface area contributed by atoms with Crippen molar-refractivity contribution in [1.29, 1.82) is 0 Å². The van der Waals surface area contributed by atoms with E-state index in [1.54, 1.807) is 30.3 Å². The minimum absolute atomic E-state index is 0.154. The summed E-state index contributed by atoms with van der Waals surface area (Å²) in [4.78, 5) is 38.5. The smallest absolute Gasteiger partial charge is 0.337 e. The highest BCUT2D eigenvalue weighted by atomic mass is 35.5. The van der Waals surface area contributed by atoms with Gasteiger partial charge in [0.15, 0.2) is 0 Å². The first-order valence-electron chi connectivity index (χ1n) is 9.57. The van der Waals surface area contributed by atoms with Crippen molar-refractivity contribution in [2.45, 2.75) is 12.8 Å². The highest BCUT2D eigenvalue weighted by Gasteiger charge is 2.31. The second-order valence-electron chi connectivity index (χ2n) is 6.84. The van der Waals surface area contributed by atoms with E-state index in [9.17, 15) is 14.4 Å². The van der Waals surface area contributed by atoms with Gasteiger partial charge in [-0.25, -0.2) is 4.79 Å². The lowest BCUT2D eigenvalue weighted by molar-refractivity contribution is -0.122. The Bertz CT molecular complexity index is 1150. The first-order chi connectivity index (χ1) is 15.7. The minimum Gasteiger partial charge on any atom is -0.465 e. The number of benzene rings is 2. The van der Waals surface area contributed by atoms with Gasteiger partial charge in [-0.2, -0.15) is 0 Å². The van der Waals surface area contributed by atoms with E-state index in [4.69, 9.17) is 47.0 Å². The standard InChI is InChI=1S/C22H17Cl3N2O4S2/c1-31-21(30)13-6-4-12(5-7-13)9-18-20(29)27(22(32)33-18)8-2-3-19(28)26-17-11-15(24)14(23)10-16(17)25/h4-7,9-11H,2-3,8H2,1H3,(H,26,28)/b18-9-. The summed E-state index contributed by atoms with van der Waals surface area (Å²) in [5.41, 5.74) is 1.53. The van der Waals surface area contributed by atoms with Gasteiger partial charge in [0.25, 0.3) is 5.91 Å². The second kappa shape index (κ2) is 11.4. The largest absolute Gasteiger partial charge is 0.465 e. The van der Waals surface area contributed by atoms with Crippen LogP contribution < -0.4 is 5.32 Å². The lowest BCUT2D eigenvalue weighted by Gasteiger charge is -2.14. The Morgan fingerprint density at radius 2 is 1.79 bits per heavy atom. The number of anilines is 1. The summed E-state index contributed by atoms with van der Waals surface area (Å²) in [6.07, 6.45) is 2.26. The van der Waals surface area contributed by atoms with Crippen molar-refractivity contribution in [3.05, 3.63) is 67.5 Å². The van der Waals surface area contributed by atoms with E-state index in [1.165, 1.54) is 35.9 Å². The molecule has 0 aliphatic carbocycles. The number of hydrogen-bond acceptors (Lipinski definition) is 6. The minimum atomic E-state index is -0.432. The van der Waals surface area contributed by atoms with Crippen LogP contribution in [0.15, 0.2) is 41.3 Å². The molecular formula is C22H17Cl3N2O4S2. The fraction of sp³-hybridized carbons (Fsp3) is 0.182. The van der Waals surface area contributed by atoms with Crippen molar-refractivity contribution in [1.82, 2.24) is 4.90 Å². The molecule has 2 aromatic rings. The van der Waals surface area contributed by atoms with Crippen LogP contribution in [0.25, 0.3) is 6.08 Å².